The Kier molecular flexibility index (Phi) is 7.45. The first-order chi connectivity index (χ1) is 12.5. The summed E-state index contributed by atoms with van der Waals surface area (Å²) in [5.74, 6) is -0.964. The molecule has 0 bridgehead atoms. The SMILES string of the molecule is N#CCCOP(=O)(O)OCCCCCON1C(=O)c2ccccc2C1=O. The van der Waals surface area contributed by atoms with E-state index in [0.29, 0.717) is 30.4 Å². The van der Waals surface area contributed by atoms with Crippen LogP contribution in [-0.4, -0.2) is 41.6 Å². The minimum atomic E-state index is -4.12. The van der Waals surface area contributed by atoms with Crippen LogP contribution in [0.15, 0.2) is 24.3 Å². The van der Waals surface area contributed by atoms with Crippen LogP contribution in [0, 0.1) is 11.3 Å². The van der Waals surface area contributed by atoms with Crippen molar-refractivity contribution in [1.82, 2.24) is 5.06 Å². The van der Waals surface area contributed by atoms with E-state index in [0.717, 1.165) is 5.06 Å². The summed E-state index contributed by atoms with van der Waals surface area (Å²) in [6.07, 6.45) is 1.60. The average molecular weight is 382 g/mol. The van der Waals surface area contributed by atoms with Gasteiger partial charge in [0, 0.05) is 0 Å². The summed E-state index contributed by atoms with van der Waals surface area (Å²) in [7, 11) is -4.12. The van der Waals surface area contributed by atoms with Crippen molar-refractivity contribution in [2.45, 2.75) is 25.7 Å². The van der Waals surface area contributed by atoms with Gasteiger partial charge in [-0.2, -0.15) is 5.26 Å². The molecule has 0 fully saturated rings. The molecule has 1 aliphatic rings. The number of hydrogen-bond donors (Lipinski definition) is 1. The van der Waals surface area contributed by atoms with Crippen LogP contribution in [0.1, 0.15) is 46.4 Å². The van der Waals surface area contributed by atoms with Gasteiger partial charge in [0.25, 0.3) is 11.8 Å². The lowest BCUT2D eigenvalue weighted by molar-refractivity contribution is -0.0923. The Morgan fingerprint density at radius 3 is 2.19 bits per heavy atom. The summed E-state index contributed by atoms with van der Waals surface area (Å²) < 4.78 is 20.8. The number of nitriles is 1. The van der Waals surface area contributed by atoms with Crippen LogP contribution in [0.25, 0.3) is 0 Å². The standard InChI is InChI=1S/C16H19N2O7P/c17-9-6-12-25-26(21,22)24-11-5-1-4-10-23-18-15(19)13-7-2-3-8-14(13)16(18)20/h2-3,7-8H,1,4-6,10-12H2,(H,21,22). The third kappa shape index (κ3) is 5.46. The van der Waals surface area contributed by atoms with Gasteiger partial charge in [-0.1, -0.05) is 12.1 Å². The van der Waals surface area contributed by atoms with E-state index in [1.807, 2.05) is 0 Å². The highest BCUT2D eigenvalue weighted by Crippen LogP contribution is 2.43. The third-order valence-corrected chi connectivity index (χ3v) is 4.51. The minimum absolute atomic E-state index is 0.00303. The molecule has 2 rings (SSSR count). The van der Waals surface area contributed by atoms with Crippen molar-refractivity contribution in [2.24, 2.45) is 0 Å². The highest BCUT2D eigenvalue weighted by atomic mass is 31.2. The Labute approximate surface area is 150 Å². The Balaban J connectivity index is 1.61. The summed E-state index contributed by atoms with van der Waals surface area (Å²) >= 11 is 0. The molecule has 0 saturated heterocycles. The Morgan fingerprint density at radius 1 is 1.00 bits per heavy atom. The van der Waals surface area contributed by atoms with Gasteiger partial charge in [0.15, 0.2) is 0 Å². The highest BCUT2D eigenvalue weighted by molar-refractivity contribution is 7.47. The van der Waals surface area contributed by atoms with Crippen molar-refractivity contribution in [3.8, 4) is 6.07 Å². The summed E-state index contributed by atoms with van der Waals surface area (Å²) in [6.45, 7) is -0.00727. The molecule has 0 radical (unpaired) electrons. The van der Waals surface area contributed by atoms with E-state index in [9.17, 15) is 19.0 Å². The lowest BCUT2D eigenvalue weighted by atomic mass is 10.1. The molecule has 0 aromatic heterocycles. The third-order valence-electron chi connectivity index (χ3n) is 3.49. The topological polar surface area (TPSA) is 126 Å². The lowest BCUT2D eigenvalue weighted by Gasteiger charge is -2.13. The molecule has 0 spiro atoms. The van der Waals surface area contributed by atoms with Crippen molar-refractivity contribution < 1.29 is 32.9 Å². The monoisotopic (exact) mass is 382 g/mol. The molecule has 1 unspecified atom stereocenters. The van der Waals surface area contributed by atoms with Crippen molar-refractivity contribution >= 4 is 19.6 Å². The molecule has 1 aromatic carbocycles. The predicted molar refractivity (Wildman–Crippen MR) is 88.7 cm³/mol. The molecular weight excluding hydrogens is 363 g/mol. The van der Waals surface area contributed by atoms with Crippen molar-refractivity contribution in [1.29, 1.82) is 5.26 Å². The molecule has 9 nitrogen and oxygen atoms in total. The average Bonchev–Trinajstić information content (AvgIpc) is 2.86. The number of amides is 2. The number of imide groups is 1. The smallest absolute Gasteiger partial charge is 0.302 e. The van der Waals surface area contributed by atoms with Gasteiger partial charge in [0.1, 0.15) is 0 Å². The number of carbonyl (C=O) groups is 2. The fourth-order valence-corrected chi connectivity index (χ4v) is 3.00. The van der Waals surface area contributed by atoms with Crippen LogP contribution in [-0.2, 0) is 18.5 Å². The number of rotatable bonds is 11. The maximum absolute atomic E-state index is 12.1. The molecule has 10 heteroatoms. The molecule has 1 heterocycles. The molecule has 0 saturated carbocycles. The first kappa shape index (κ1) is 20.2. The molecule has 26 heavy (non-hydrogen) atoms. The van der Waals surface area contributed by atoms with Crippen LogP contribution < -0.4 is 0 Å². The molecule has 1 N–H and O–H groups in total. The van der Waals surface area contributed by atoms with E-state index >= 15 is 0 Å². The maximum atomic E-state index is 12.1. The van der Waals surface area contributed by atoms with Crippen LogP contribution in [0.3, 0.4) is 0 Å². The normalized spacial score (nSPS) is 15.6. The van der Waals surface area contributed by atoms with Crippen molar-refractivity contribution in [3.05, 3.63) is 35.4 Å². The van der Waals surface area contributed by atoms with Gasteiger partial charge in [-0.25, -0.2) is 4.57 Å². The van der Waals surface area contributed by atoms with Gasteiger partial charge in [0.05, 0.1) is 43.4 Å². The molecule has 1 aliphatic heterocycles. The number of carbonyl (C=O) groups excluding carboxylic acids is 2. The molecular formula is C16H19N2O7P. The van der Waals surface area contributed by atoms with Crippen LogP contribution in [0.5, 0.6) is 0 Å². The first-order valence-electron chi connectivity index (χ1n) is 8.06. The first-order valence-corrected chi connectivity index (χ1v) is 9.55. The number of unbranched alkanes of at least 4 members (excludes halogenated alkanes) is 2. The van der Waals surface area contributed by atoms with E-state index in [1.165, 1.54) is 0 Å². The van der Waals surface area contributed by atoms with E-state index in [1.54, 1.807) is 30.3 Å². The zero-order valence-electron chi connectivity index (χ0n) is 14.0. The van der Waals surface area contributed by atoms with Gasteiger partial charge >= 0.3 is 7.82 Å². The maximum Gasteiger partial charge on any atom is 0.472 e. The Hall–Kier alpha value is -2.08. The van der Waals surface area contributed by atoms with Crippen molar-refractivity contribution in [2.75, 3.05) is 19.8 Å². The van der Waals surface area contributed by atoms with E-state index < -0.39 is 19.6 Å². The number of phosphoric ester groups is 1. The van der Waals surface area contributed by atoms with Crippen molar-refractivity contribution in [3.63, 3.8) is 0 Å². The molecule has 140 valence electrons. The second kappa shape index (κ2) is 9.57. The Morgan fingerprint density at radius 2 is 1.58 bits per heavy atom. The lowest BCUT2D eigenvalue weighted by Crippen LogP contribution is -2.30. The molecule has 2 amide bonds. The fraction of sp³-hybridized carbons (Fsp3) is 0.438. The zero-order chi connectivity index (χ0) is 19.0. The van der Waals surface area contributed by atoms with Crippen LogP contribution in [0.2, 0.25) is 0 Å². The van der Waals surface area contributed by atoms with Gasteiger partial charge in [0.2, 0.25) is 0 Å². The van der Waals surface area contributed by atoms with Gasteiger partial charge in [-0.05, 0) is 31.4 Å². The summed E-state index contributed by atoms with van der Waals surface area (Å²) in [4.78, 5) is 38.7. The molecule has 1 atom stereocenters. The second-order valence-electron chi connectivity index (χ2n) is 5.39. The summed E-state index contributed by atoms with van der Waals surface area (Å²) in [6, 6.07) is 8.29. The van der Waals surface area contributed by atoms with Crippen LogP contribution in [0.4, 0.5) is 0 Å². The van der Waals surface area contributed by atoms with Gasteiger partial charge < -0.3 is 4.89 Å². The largest absolute Gasteiger partial charge is 0.472 e. The van der Waals surface area contributed by atoms with E-state index in [2.05, 4.69) is 4.52 Å². The number of hydroxylamine groups is 2. The summed E-state index contributed by atoms with van der Waals surface area (Å²) in [5, 5.41) is 9.08. The van der Waals surface area contributed by atoms with Gasteiger partial charge in [-0.15, -0.1) is 5.06 Å². The number of phosphoric acid groups is 1. The minimum Gasteiger partial charge on any atom is -0.302 e. The van der Waals surface area contributed by atoms with Crippen LogP contribution >= 0.6 is 7.82 Å². The Bertz CT molecular complexity index is 711. The zero-order valence-corrected chi connectivity index (χ0v) is 14.9. The molecule has 1 aromatic rings. The number of hydrogen-bond acceptors (Lipinski definition) is 7. The predicted octanol–water partition coefficient (Wildman–Crippen LogP) is 2.43. The highest BCUT2D eigenvalue weighted by Gasteiger charge is 2.36. The number of fused-ring (bicyclic) bond motifs is 1. The molecule has 0 aliphatic carbocycles. The number of benzene rings is 1. The van der Waals surface area contributed by atoms with E-state index in [4.69, 9.17) is 14.6 Å². The quantitative estimate of drug-likeness (QED) is 0.351. The van der Waals surface area contributed by atoms with E-state index in [-0.39, 0.29) is 26.2 Å². The van der Waals surface area contributed by atoms with Gasteiger partial charge in [-0.3, -0.25) is 23.5 Å². The number of nitrogens with zero attached hydrogens (tertiary/aromatic N) is 2. The summed E-state index contributed by atoms with van der Waals surface area (Å²) in [5.41, 5.74) is 0.641. The fourth-order valence-electron chi connectivity index (χ4n) is 2.24. The second-order valence-corrected chi connectivity index (χ2v) is 6.84.